The number of hydrogen-bond donors (Lipinski definition) is 1. The van der Waals surface area contributed by atoms with Crippen molar-refractivity contribution < 1.29 is 14.3 Å². The number of alkyl halides is 1. The number of aryl methyl sites for hydroxylation is 1. The summed E-state index contributed by atoms with van der Waals surface area (Å²) >= 11 is 7.85. The van der Waals surface area contributed by atoms with E-state index >= 15 is 0 Å². The normalized spacial score (nSPS) is 32.6. The van der Waals surface area contributed by atoms with Crippen LogP contribution in [0.5, 0.6) is 0 Å². The molecule has 0 aromatic heterocycles. The molecular formula is C21H23ClN2O3S. The molecule has 2 unspecified atom stereocenters. The van der Waals surface area contributed by atoms with Crippen molar-refractivity contribution in [2.75, 3.05) is 11.9 Å². The lowest BCUT2D eigenvalue weighted by Gasteiger charge is -2.58. The third-order valence-corrected chi connectivity index (χ3v) is 7.42. The molecule has 4 aliphatic carbocycles. The van der Waals surface area contributed by atoms with E-state index in [-0.39, 0.29) is 23.4 Å². The fraction of sp³-hybridized carbons (Fsp3) is 0.571. The Morgan fingerprint density at radius 2 is 2.04 bits per heavy atom. The average molecular weight is 419 g/mol. The predicted octanol–water partition coefficient (Wildman–Crippen LogP) is 4.63. The number of nitrogens with zero attached hydrogens (tertiary/aromatic N) is 1. The zero-order valence-corrected chi connectivity index (χ0v) is 17.4. The van der Waals surface area contributed by atoms with Crippen molar-refractivity contribution in [1.29, 1.82) is 5.26 Å². The third-order valence-electron chi connectivity index (χ3n) is 6.39. The summed E-state index contributed by atoms with van der Waals surface area (Å²) in [5, 5.41) is 13.5. The molecule has 0 heterocycles. The highest BCUT2D eigenvalue weighted by atomic mass is 35.5. The molecule has 5 nitrogen and oxygen atoms in total. The van der Waals surface area contributed by atoms with Crippen molar-refractivity contribution in [2.24, 2.45) is 17.3 Å². The summed E-state index contributed by atoms with van der Waals surface area (Å²) in [5.74, 6) is 0.391. The van der Waals surface area contributed by atoms with Crippen molar-refractivity contribution in [3.8, 4) is 5.40 Å². The van der Waals surface area contributed by atoms with Gasteiger partial charge in [-0.3, -0.25) is 9.59 Å². The van der Waals surface area contributed by atoms with Crippen molar-refractivity contribution in [3.63, 3.8) is 0 Å². The number of carbonyl (C=O) groups is 2. The second-order valence-electron chi connectivity index (χ2n) is 8.69. The average Bonchev–Trinajstić information content (AvgIpc) is 2.60. The van der Waals surface area contributed by atoms with E-state index in [0.717, 1.165) is 47.9 Å². The maximum absolute atomic E-state index is 12.9. The zero-order valence-electron chi connectivity index (χ0n) is 15.8. The zero-order chi connectivity index (χ0) is 19.9. The van der Waals surface area contributed by atoms with Gasteiger partial charge >= 0.3 is 5.97 Å². The van der Waals surface area contributed by atoms with Crippen LogP contribution < -0.4 is 5.32 Å². The Balaban J connectivity index is 1.35. The molecule has 0 aliphatic heterocycles. The largest absolute Gasteiger partial charge is 0.455 e. The molecule has 1 amide bonds. The first kappa shape index (κ1) is 19.6. The van der Waals surface area contributed by atoms with E-state index in [4.69, 9.17) is 21.6 Å². The molecule has 4 bridgehead atoms. The molecule has 28 heavy (non-hydrogen) atoms. The van der Waals surface area contributed by atoms with E-state index in [1.54, 1.807) is 12.1 Å². The topological polar surface area (TPSA) is 79.2 Å². The maximum Gasteiger partial charge on any atom is 0.312 e. The quantitative estimate of drug-likeness (QED) is 0.326. The highest BCUT2D eigenvalue weighted by Gasteiger charge is 2.60. The number of amides is 1. The van der Waals surface area contributed by atoms with Gasteiger partial charge in [-0.15, -0.1) is 11.6 Å². The summed E-state index contributed by atoms with van der Waals surface area (Å²) < 4.78 is 5.45. The van der Waals surface area contributed by atoms with Crippen LogP contribution in [0.2, 0.25) is 0 Å². The number of thioether (sulfide) groups is 1. The molecule has 0 spiro atoms. The molecule has 4 atom stereocenters. The first-order valence-electron chi connectivity index (χ1n) is 9.63. The number of hydrogen-bond acceptors (Lipinski definition) is 5. The van der Waals surface area contributed by atoms with Gasteiger partial charge in [0.05, 0.1) is 5.41 Å². The number of ether oxygens (including phenoxy) is 1. The number of halogens is 1. The molecule has 7 heteroatoms. The molecule has 5 rings (SSSR count). The lowest BCUT2D eigenvalue weighted by molar-refractivity contribution is -0.171. The smallest absolute Gasteiger partial charge is 0.312 e. The summed E-state index contributed by atoms with van der Waals surface area (Å²) in [6.07, 6.45) is 5.53. The minimum Gasteiger partial charge on any atom is -0.455 e. The molecule has 1 N–H and O–H groups in total. The van der Waals surface area contributed by atoms with Gasteiger partial charge in [0.2, 0.25) is 0 Å². The van der Waals surface area contributed by atoms with Crippen LogP contribution in [0.3, 0.4) is 0 Å². The van der Waals surface area contributed by atoms with Gasteiger partial charge in [-0.2, -0.15) is 5.26 Å². The third kappa shape index (κ3) is 3.75. The summed E-state index contributed by atoms with van der Waals surface area (Å²) in [4.78, 5) is 25.7. The molecule has 4 aliphatic rings. The SMILES string of the molecule is Cc1cc(SC#N)ccc1NC(=O)COC(=O)C12C[C@@H]3C[C@@H](CC(Cl)(C3)C1)C2. The minimum atomic E-state index is -0.502. The number of rotatable bonds is 5. The Hall–Kier alpha value is -1.71. The van der Waals surface area contributed by atoms with Crippen LogP contribution in [0.15, 0.2) is 23.1 Å². The van der Waals surface area contributed by atoms with Crippen LogP contribution in [-0.4, -0.2) is 23.4 Å². The Morgan fingerprint density at radius 3 is 2.64 bits per heavy atom. The summed E-state index contributed by atoms with van der Waals surface area (Å²) in [6.45, 7) is 1.57. The van der Waals surface area contributed by atoms with E-state index < -0.39 is 5.41 Å². The maximum atomic E-state index is 12.9. The van der Waals surface area contributed by atoms with E-state index in [1.165, 1.54) is 6.42 Å². The Labute approximate surface area is 174 Å². The Bertz CT molecular complexity index is 852. The standard InChI is InChI=1S/C21H23ClN2O3S/c1-13-4-16(28-12-23)2-3-17(13)24-18(25)10-27-19(26)20-6-14-5-15(7-20)9-21(22,8-14)11-20/h2-4,14-15H,5-11H2,1H3,(H,24,25)/t14-,15+,20?,21?. The second-order valence-corrected chi connectivity index (χ2v) is 10.3. The monoisotopic (exact) mass is 418 g/mol. The molecule has 4 fully saturated rings. The Morgan fingerprint density at radius 1 is 1.32 bits per heavy atom. The van der Waals surface area contributed by atoms with Gasteiger partial charge in [0, 0.05) is 15.5 Å². The highest BCUT2D eigenvalue weighted by molar-refractivity contribution is 8.03. The van der Waals surface area contributed by atoms with E-state index in [2.05, 4.69) is 5.32 Å². The van der Waals surface area contributed by atoms with Gasteiger partial charge < -0.3 is 10.1 Å². The Kier molecular flexibility index (Phi) is 5.09. The molecule has 1 aromatic carbocycles. The van der Waals surface area contributed by atoms with Crippen molar-refractivity contribution in [3.05, 3.63) is 23.8 Å². The van der Waals surface area contributed by atoms with Crippen molar-refractivity contribution in [1.82, 2.24) is 0 Å². The lowest BCUT2D eigenvalue weighted by atomic mass is 9.49. The van der Waals surface area contributed by atoms with Gasteiger partial charge in [-0.1, -0.05) is 0 Å². The molecule has 0 radical (unpaired) electrons. The molecule has 1 aromatic rings. The summed E-state index contributed by atoms with van der Waals surface area (Å²) in [6, 6.07) is 5.37. The minimum absolute atomic E-state index is 0.258. The number of benzene rings is 1. The van der Waals surface area contributed by atoms with Crippen LogP contribution in [0.4, 0.5) is 5.69 Å². The van der Waals surface area contributed by atoms with Crippen LogP contribution in [0.25, 0.3) is 0 Å². The molecular weight excluding hydrogens is 396 g/mol. The number of esters is 1. The number of carbonyl (C=O) groups excluding carboxylic acids is 2. The van der Waals surface area contributed by atoms with Gasteiger partial charge in [0.15, 0.2) is 6.61 Å². The van der Waals surface area contributed by atoms with E-state index in [0.29, 0.717) is 23.9 Å². The van der Waals surface area contributed by atoms with E-state index in [1.807, 2.05) is 18.4 Å². The summed E-state index contributed by atoms with van der Waals surface area (Å²) in [7, 11) is 0. The van der Waals surface area contributed by atoms with E-state index in [9.17, 15) is 9.59 Å². The number of nitrogens with one attached hydrogen (secondary N) is 1. The van der Waals surface area contributed by atoms with Crippen LogP contribution in [-0.2, 0) is 14.3 Å². The highest BCUT2D eigenvalue weighted by Crippen LogP contribution is 2.64. The lowest BCUT2D eigenvalue weighted by Crippen LogP contribution is -2.56. The number of anilines is 1. The molecule has 0 saturated heterocycles. The predicted molar refractivity (Wildman–Crippen MR) is 108 cm³/mol. The van der Waals surface area contributed by atoms with Gasteiger partial charge in [-0.05, 0) is 92.8 Å². The first-order chi connectivity index (χ1) is 13.3. The van der Waals surface area contributed by atoms with Crippen molar-refractivity contribution in [2.45, 2.75) is 55.2 Å². The fourth-order valence-corrected chi connectivity index (χ4v) is 6.92. The summed E-state index contributed by atoms with van der Waals surface area (Å²) in [5.41, 5.74) is 1.00. The molecule has 4 saturated carbocycles. The fourth-order valence-electron chi connectivity index (χ4n) is 5.75. The van der Waals surface area contributed by atoms with Crippen LogP contribution >= 0.6 is 23.4 Å². The number of thiocyanates is 1. The number of nitriles is 1. The molecule has 148 valence electrons. The van der Waals surface area contributed by atoms with Gasteiger partial charge in [0.25, 0.3) is 5.91 Å². The van der Waals surface area contributed by atoms with Gasteiger partial charge in [-0.25, -0.2) is 0 Å². The first-order valence-corrected chi connectivity index (χ1v) is 10.8. The second kappa shape index (κ2) is 7.27. The van der Waals surface area contributed by atoms with Crippen LogP contribution in [0.1, 0.15) is 44.1 Å². The van der Waals surface area contributed by atoms with Gasteiger partial charge in [0.1, 0.15) is 5.40 Å². The van der Waals surface area contributed by atoms with Crippen LogP contribution in [0, 0.1) is 34.8 Å². The van der Waals surface area contributed by atoms with Crippen molar-refractivity contribution >= 4 is 40.9 Å².